The highest BCUT2D eigenvalue weighted by molar-refractivity contribution is 5.01. The van der Waals surface area contributed by atoms with E-state index in [1.54, 1.807) is 0 Å². The van der Waals surface area contributed by atoms with E-state index < -0.39 is 0 Å². The summed E-state index contributed by atoms with van der Waals surface area (Å²) < 4.78 is 0. The molecule has 0 amide bonds. The number of fused-ring (bicyclic) bond motifs is 1. The fourth-order valence-electron chi connectivity index (χ4n) is 4.25. The highest BCUT2D eigenvalue weighted by Crippen LogP contribution is 2.57. The molecule has 0 spiro atoms. The zero-order chi connectivity index (χ0) is 13.1. The molecule has 0 bridgehead atoms. The molecule has 0 radical (unpaired) electrons. The third-order valence-corrected chi connectivity index (χ3v) is 5.14. The van der Waals surface area contributed by atoms with Crippen LogP contribution in [0.25, 0.3) is 0 Å². The van der Waals surface area contributed by atoms with Crippen LogP contribution in [-0.4, -0.2) is 22.9 Å². The van der Waals surface area contributed by atoms with E-state index in [1.165, 1.54) is 12.8 Å². The second-order valence-corrected chi connectivity index (χ2v) is 5.92. The molecule has 0 aliphatic heterocycles. The molecule has 0 aromatic heterocycles. The van der Waals surface area contributed by atoms with Gasteiger partial charge in [0.05, 0.1) is 6.10 Å². The molecule has 2 fully saturated rings. The standard InChI is InChI=1S/C13H24O2.C2H6/c1-9(8-14)10-5-6-11-12(15)4-3-7-13(10,11)2;1-2/h9-12,14-15H,3-8H2,1-2H3;1-2H3/t9-,10?,11?,12?,13-;/m1./s1. The summed E-state index contributed by atoms with van der Waals surface area (Å²) in [5, 5.41) is 19.4. The topological polar surface area (TPSA) is 40.5 Å². The van der Waals surface area contributed by atoms with Crippen molar-refractivity contribution in [1.82, 2.24) is 0 Å². The molecule has 2 rings (SSSR count). The number of aliphatic hydroxyl groups is 2. The van der Waals surface area contributed by atoms with Gasteiger partial charge in [-0.1, -0.05) is 34.1 Å². The third kappa shape index (κ3) is 2.68. The second-order valence-electron chi connectivity index (χ2n) is 5.92. The minimum absolute atomic E-state index is 0.0837. The first-order valence-corrected chi connectivity index (χ1v) is 7.38. The molecule has 0 heterocycles. The molecule has 3 unspecified atom stereocenters. The van der Waals surface area contributed by atoms with Gasteiger partial charge in [-0.05, 0) is 48.9 Å². The van der Waals surface area contributed by atoms with Crippen molar-refractivity contribution in [1.29, 1.82) is 0 Å². The van der Waals surface area contributed by atoms with Crippen molar-refractivity contribution in [3.8, 4) is 0 Å². The van der Waals surface area contributed by atoms with Crippen molar-refractivity contribution in [2.75, 3.05) is 6.61 Å². The second kappa shape index (κ2) is 6.19. The van der Waals surface area contributed by atoms with Crippen LogP contribution in [0.3, 0.4) is 0 Å². The predicted molar refractivity (Wildman–Crippen MR) is 71.8 cm³/mol. The van der Waals surface area contributed by atoms with Crippen LogP contribution >= 0.6 is 0 Å². The van der Waals surface area contributed by atoms with Crippen molar-refractivity contribution in [3.63, 3.8) is 0 Å². The van der Waals surface area contributed by atoms with Crippen LogP contribution in [0.4, 0.5) is 0 Å². The third-order valence-electron chi connectivity index (χ3n) is 5.14. The smallest absolute Gasteiger partial charge is 0.0573 e. The lowest BCUT2D eigenvalue weighted by atomic mass is 9.62. The first kappa shape index (κ1) is 15.0. The SMILES string of the molecule is CC.C[C@H](CO)C1CCC2C(O)CCC[C@@]21C. The van der Waals surface area contributed by atoms with Gasteiger partial charge in [-0.2, -0.15) is 0 Å². The fraction of sp³-hybridized carbons (Fsp3) is 1.00. The van der Waals surface area contributed by atoms with E-state index >= 15 is 0 Å². The molecule has 0 saturated heterocycles. The summed E-state index contributed by atoms with van der Waals surface area (Å²) in [4.78, 5) is 0. The van der Waals surface area contributed by atoms with E-state index in [2.05, 4.69) is 13.8 Å². The lowest BCUT2D eigenvalue weighted by Gasteiger charge is -2.45. The largest absolute Gasteiger partial charge is 0.396 e. The molecule has 2 nitrogen and oxygen atoms in total. The van der Waals surface area contributed by atoms with Crippen molar-refractivity contribution in [2.45, 2.75) is 65.9 Å². The quantitative estimate of drug-likeness (QED) is 0.780. The maximum atomic E-state index is 10.1. The lowest BCUT2D eigenvalue weighted by Crippen LogP contribution is -2.41. The Kier molecular flexibility index (Phi) is 5.46. The Morgan fingerprint density at radius 3 is 2.47 bits per heavy atom. The van der Waals surface area contributed by atoms with Crippen molar-refractivity contribution in [2.24, 2.45) is 23.2 Å². The molecule has 5 atom stereocenters. The minimum atomic E-state index is -0.0837. The van der Waals surface area contributed by atoms with Gasteiger partial charge in [-0.15, -0.1) is 0 Å². The number of rotatable bonds is 2. The molecule has 102 valence electrons. The monoisotopic (exact) mass is 242 g/mol. The summed E-state index contributed by atoms with van der Waals surface area (Å²) in [7, 11) is 0. The molecule has 2 aliphatic rings. The van der Waals surface area contributed by atoms with E-state index in [0.717, 1.165) is 19.3 Å². The van der Waals surface area contributed by atoms with E-state index in [4.69, 9.17) is 0 Å². The molecule has 17 heavy (non-hydrogen) atoms. The normalized spacial score (nSPS) is 42.4. The average Bonchev–Trinajstić information content (AvgIpc) is 2.69. The van der Waals surface area contributed by atoms with Crippen LogP contribution in [0.2, 0.25) is 0 Å². The summed E-state index contributed by atoms with van der Waals surface area (Å²) in [5.74, 6) is 1.50. The Labute approximate surface area is 106 Å². The van der Waals surface area contributed by atoms with Gasteiger partial charge in [0.25, 0.3) is 0 Å². The van der Waals surface area contributed by atoms with Gasteiger partial charge in [-0.3, -0.25) is 0 Å². The number of hydrogen-bond acceptors (Lipinski definition) is 2. The van der Waals surface area contributed by atoms with E-state index in [0.29, 0.717) is 29.8 Å². The van der Waals surface area contributed by atoms with Crippen LogP contribution in [0, 0.1) is 23.2 Å². The molecular formula is C15H30O2. The molecule has 0 aromatic rings. The van der Waals surface area contributed by atoms with Gasteiger partial charge in [0.2, 0.25) is 0 Å². The maximum absolute atomic E-state index is 10.1. The molecule has 2 aliphatic carbocycles. The van der Waals surface area contributed by atoms with Gasteiger partial charge in [0, 0.05) is 6.61 Å². The van der Waals surface area contributed by atoms with E-state index in [-0.39, 0.29) is 6.10 Å². The molecule has 0 aromatic carbocycles. The summed E-state index contributed by atoms with van der Waals surface area (Å²) >= 11 is 0. The summed E-state index contributed by atoms with van der Waals surface area (Å²) in [6.07, 6.45) is 5.65. The minimum Gasteiger partial charge on any atom is -0.396 e. The number of hydrogen-bond donors (Lipinski definition) is 2. The first-order chi connectivity index (χ1) is 8.09. The van der Waals surface area contributed by atoms with Crippen LogP contribution in [0.5, 0.6) is 0 Å². The van der Waals surface area contributed by atoms with E-state index in [1.807, 2.05) is 13.8 Å². The zero-order valence-electron chi connectivity index (χ0n) is 11.9. The van der Waals surface area contributed by atoms with Gasteiger partial charge in [0.15, 0.2) is 0 Å². The maximum Gasteiger partial charge on any atom is 0.0573 e. The van der Waals surface area contributed by atoms with Crippen LogP contribution < -0.4 is 0 Å². The molecule has 2 N–H and O–H groups in total. The Morgan fingerprint density at radius 2 is 1.88 bits per heavy atom. The molecular weight excluding hydrogens is 212 g/mol. The Morgan fingerprint density at radius 1 is 1.24 bits per heavy atom. The Hall–Kier alpha value is -0.0800. The summed E-state index contributed by atoms with van der Waals surface area (Å²) in [5.41, 5.74) is 0.291. The van der Waals surface area contributed by atoms with Crippen molar-refractivity contribution in [3.05, 3.63) is 0 Å². The van der Waals surface area contributed by atoms with Gasteiger partial charge < -0.3 is 10.2 Å². The summed E-state index contributed by atoms with van der Waals surface area (Å²) in [6, 6.07) is 0. The highest BCUT2D eigenvalue weighted by atomic mass is 16.3. The Bertz CT molecular complexity index is 229. The molecule has 2 heteroatoms. The van der Waals surface area contributed by atoms with Crippen LogP contribution in [-0.2, 0) is 0 Å². The first-order valence-electron chi connectivity index (χ1n) is 7.38. The summed E-state index contributed by atoms with van der Waals surface area (Å²) in [6.45, 7) is 8.78. The Balaban J connectivity index is 0.000000686. The van der Waals surface area contributed by atoms with Crippen LogP contribution in [0.15, 0.2) is 0 Å². The molecule has 2 saturated carbocycles. The van der Waals surface area contributed by atoms with Gasteiger partial charge in [0.1, 0.15) is 0 Å². The van der Waals surface area contributed by atoms with Gasteiger partial charge in [-0.25, -0.2) is 0 Å². The fourth-order valence-corrected chi connectivity index (χ4v) is 4.25. The van der Waals surface area contributed by atoms with Crippen molar-refractivity contribution < 1.29 is 10.2 Å². The van der Waals surface area contributed by atoms with Crippen molar-refractivity contribution >= 4 is 0 Å². The average molecular weight is 242 g/mol. The zero-order valence-corrected chi connectivity index (χ0v) is 11.9. The lowest BCUT2D eigenvalue weighted by molar-refractivity contribution is -0.0321. The van der Waals surface area contributed by atoms with Crippen LogP contribution in [0.1, 0.15) is 59.8 Å². The van der Waals surface area contributed by atoms with E-state index in [9.17, 15) is 10.2 Å². The van der Waals surface area contributed by atoms with Gasteiger partial charge >= 0.3 is 0 Å². The number of aliphatic hydroxyl groups excluding tert-OH is 2. The highest BCUT2D eigenvalue weighted by Gasteiger charge is 2.51. The predicted octanol–water partition coefficient (Wildman–Crippen LogP) is 3.22.